The Morgan fingerprint density at radius 1 is 0.815 bits per heavy atom. The Morgan fingerprint density at radius 3 is 1.96 bits per heavy atom. The lowest BCUT2D eigenvalue weighted by atomic mass is 10.2. The minimum Gasteiger partial charge on any atom is -0.342 e. The highest BCUT2D eigenvalue weighted by atomic mass is 16.2. The molecule has 0 N–H and O–H groups in total. The molecule has 0 aromatic heterocycles. The zero-order chi connectivity index (χ0) is 19.1. The maximum atomic E-state index is 12.5. The first-order chi connectivity index (χ1) is 13.1. The second-order valence-electron chi connectivity index (χ2n) is 7.64. The minimum absolute atomic E-state index is 0.107. The van der Waals surface area contributed by atoms with Gasteiger partial charge in [0.1, 0.15) is 0 Å². The van der Waals surface area contributed by atoms with Crippen LogP contribution in [0.25, 0.3) is 0 Å². The number of likely N-dealkylation sites (tertiary alicyclic amines) is 1. The fourth-order valence-electron chi connectivity index (χ4n) is 3.81. The van der Waals surface area contributed by atoms with E-state index in [1.165, 1.54) is 12.8 Å². The molecule has 2 heterocycles. The molecular formula is C21H32N4O2. The number of likely N-dealkylation sites (N-methyl/N-ethyl adjacent to an activating group) is 1. The average molecular weight is 373 g/mol. The van der Waals surface area contributed by atoms with Gasteiger partial charge in [0.2, 0.25) is 11.8 Å². The zero-order valence-electron chi connectivity index (χ0n) is 16.5. The van der Waals surface area contributed by atoms with Gasteiger partial charge in [0.15, 0.2) is 0 Å². The van der Waals surface area contributed by atoms with E-state index >= 15 is 0 Å². The van der Waals surface area contributed by atoms with Crippen LogP contribution >= 0.6 is 0 Å². The summed E-state index contributed by atoms with van der Waals surface area (Å²) in [5.74, 6) is 0.375. The van der Waals surface area contributed by atoms with Crippen molar-refractivity contribution >= 4 is 17.5 Å². The Kier molecular flexibility index (Phi) is 7.24. The van der Waals surface area contributed by atoms with E-state index in [0.29, 0.717) is 13.1 Å². The number of para-hydroxylation sites is 1. The SMILES string of the molecule is CN(C(=O)CN1CCN(CC(=O)N2CCCCCC2)CC1)c1ccccc1. The summed E-state index contributed by atoms with van der Waals surface area (Å²) in [6, 6.07) is 9.74. The van der Waals surface area contributed by atoms with Crippen LogP contribution in [0.4, 0.5) is 5.69 Å². The van der Waals surface area contributed by atoms with E-state index in [1.54, 1.807) is 4.90 Å². The molecule has 6 nitrogen and oxygen atoms in total. The number of carbonyl (C=O) groups excluding carboxylic acids is 2. The predicted octanol–water partition coefficient (Wildman–Crippen LogP) is 1.67. The first kappa shape index (κ1) is 19.8. The lowest BCUT2D eigenvalue weighted by Crippen LogP contribution is -2.52. The number of rotatable bonds is 5. The lowest BCUT2D eigenvalue weighted by Gasteiger charge is -2.35. The summed E-state index contributed by atoms with van der Waals surface area (Å²) in [4.78, 5) is 33.2. The molecule has 148 valence electrons. The molecule has 0 spiro atoms. The van der Waals surface area contributed by atoms with Gasteiger partial charge in [0, 0.05) is 52.0 Å². The van der Waals surface area contributed by atoms with Crippen LogP contribution in [-0.4, -0.2) is 85.9 Å². The summed E-state index contributed by atoms with van der Waals surface area (Å²) < 4.78 is 0. The molecule has 0 unspecified atom stereocenters. The van der Waals surface area contributed by atoms with Gasteiger partial charge >= 0.3 is 0 Å². The number of carbonyl (C=O) groups is 2. The molecule has 1 aromatic carbocycles. The number of nitrogens with zero attached hydrogens (tertiary/aromatic N) is 4. The molecule has 2 saturated heterocycles. The van der Waals surface area contributed by atoms with E-state index in [4.69, 9.17) is 0 Å². The van der Waals surface area contributed by atoms with Crippen LogP contribution in [0.5, 0.6) is 0 Å². The molecule has 0 bridgehead atoms. The van der Waals surface area contributed by atoms with Crippen molar-refractivity contribution in [3.63, 3.8) is 0 Å². The van der Waals surface area contributed by atoms with E-state index in [9.17, 15) is 9.59 Å². The van der Waals surface area contributed by atoms with E-state index < -0.39 is 0 Å². The topological polar surface area (TPSA) is 47.1 Å². The van der Waals surface area contributed by atoms with E-state index in [0.717, 1.165) is 57.8 Å². The number of piperazine rings is 1. The van der Waals surface area contributed by atoms with Crippen LogP contribution in [-0.2, 0) is 9.59 Å². The average Bonchev–Trinajstić information content (AvgIpc) is 2.99. The molecule has 0 radical (unpaired) electrons. The van der Waals surface area contributed by atoms with E-state index in [-0.39, 0.29) is 11.8 Å². The molecule has 27 heavy (non-hydrogen) atoms. The van der Waals surface area contributed by atoms with Crippen molar-refractivity contribution in [1.82, 2.24) is 14.7 Å². The van der Waals surface area contributed by atoms with Gasteiger partial charge in [-0.1, -0.05) is 31.0 Å². The highest BCUT2D eigenvalue weighted by Gasteiger charge is 2.24. The quantitative estimate of drug-likeness (QED) is 0.789. The maximum absolute atomic E-state index is 12.5. The van der Waals surface area contributed by atoms with Crippen LogP contribution in [0.15, 0.2) is 30.3 Å². The second-order valence-corrected chi connectivity index (χ2v) is 7.64. The smallest absolute Gasteiger partial charge is 0.240 e. The predicted molar refractivity (Wildman–Crippen MR) is 108 cm³/mol. The number of hydrogen-bond acceptors (Lipinski definition) is 4. The van der Waals surface area contributed by atoms with Crippen molar-refractivity contribution in [2.75, 3.05) is 64.3 Å². The molecule has 6 heteroatoms. The van der Waals surface area contributed by atoms with Crippen LogP contribution < -0.4 is 4.90 Å². The lowest BCUT2D eigenvalue weighted by molar-refractivity contribution is -0.133. The third-order valence-electron chi connectivity index (χ3n) is 5.66. The van der Waals surface area contributed by atoms with Gasteiger partial charge in [-0.05, 0) is 25.0 Å². The Balaban J connectivity index is 1.40. The normalized spacial score (nSPS) is 19.5. The monoisotopic (exact) mass is 372 g/mol. The first-order valence-corrected chi connectivity index (χ1v) is 10.2. The van der Waals surface area contributed by atoms with Crippen LogP contribution in [0.2, 0.25) is 0 Å². The first-order valence-electron chi connectivity index (χ1n) is 10.2. The van der Waals surface area contributed by atoms with Crippen LogP contribution in [0, 0.1) is 0 Å². The molecule has 3 rings (SSSR count). The Labute approximate surface area is 162 Å². The molecule has 2 aliphatic heterocycles. The van der Waals surface area contributed by atoms with Crippen LogP contribution in [0.1, 0.15) is 25.7 Å². The molecular weight excluding hydrogens is 340 g/mol. The molecule has 0 aliphatic carbocycles. The van der Waals surface area contributed by atoms with Gasteiger partial charge in [-0.2, -0.15) is 0 Å². The Morgan fingerprint density at radius 2 is 1.37 bits per heavy atom. The summed E-state index contributed by atoms with van der Waals surface area (Å²) in [6.07, 6.45) is 4.76. The number of benzene rings is 1. The number of amides is 2. The summed E-state index contributed by atoms with van der Waals surface area (Å²) >= 11 is 0. The summed E-state index contributed by atoms with van der Waals surface area (Å²) in [5.41, 5.74) is 0.921. The fraction of sp³-hybridized carbons (Fsp3) is 0.619. The van der Waals surface area contributed by atoms with Crippen molar-refractivity contribution in [1.29, 1.82) is 0 Å². The largest absolute Gasteiger partial charge is 0.342 e. The van der Waals surface area contributed by atoms with Gasteiger partial charge in [0.25, 0.3) is 0 Å². The van der Waals surface area contributed by atoms with Crippen molar-refractivity contribution in [3.05, 3.63) is 30.3 Å². The Hall–Kier alpha value is -1.92. The molecule has 0 saturated carbocycles. The molecule has 2 aliphatic rings. The zero-order valence-corrected chi connectivity index (χ0v) is 16.5. The summed E-state index contributed by atoms with van der Waals surface area (Å²) in [5, 5.41) is 0. The molecule has 1 aromatic rings. The van der Waals surface area contributed by atoms with Gasteiger partial charge < -0.3 is 9.80 Å². The van der Waals surface area contributed by atoms with Crippen molar-refractivity contribution in [2.24, 2.45) is 0 Å². The van der Waals surface area contributed by atoms with Crippen LogP contribution in [0.3, 0.4) is 0 Å². The third-order valence-corrected chi connectivity index (χ3v) is 5.66. The Bertz CT molecular complexity index is 606. The minimum atomic E-state index is 0.107. The highest BCUT2D eigenvalue weighted by molar-refractivity contribution is 5.94. The highest BCUT2D eigenvalue weighted by Crippen LogP contribution is 2.13. The molecule has 2 fully saturated rings. The molecule has 0 atom stereocenters. The summed E-state index contributed by atoms with van der Waals surface area (Å²) in [7, 11) is 1.83. The van der Waals surface area contributed by atoms with Gasteiger partial charge in [0.05, 0.1) is 13.1 Å². The van der Waals surface area contributed by atoms with Crippen molar-refractivity contribution in [3.8, 4) is 0 Å². The standard InChI is InChI=1S/C21H32N4O2/c1-22(19-9-5-4-6-10-19)20(26)17-23-13-15-24(16-14-23)18-21(27)25-11-7-2-3-8-12-25/h4-6,9-10H,2-3,7-8,11-18H2,1H3. The van der Waals surface area contributed by atoms with Gasteiger partial charge in [-0.3, -0.25) is 19.4 Å². The third kappa shape index (κ3) is 5.78. The number of hydrogen-bond donors (Lipinski definition) is 0. The maximum Gasteiger partial charge on any atom is 0.240 e. The van der Waals surface area contributed by atoms with E-state index in [1.807, 2.05) is 42.3 Å². The fourth-order valence-corrected chi connectivity index (χ4v) is 3.81. The molecule has 2 amide bonds. The number of anilines is 1. The second kappa shape index (κ2) is 9.85. The van der Waals surface area contributed by atoms with Gasteiger partial charge in [-0.15, -0.1) is 0 Å². The summed E-state index contributed by atoms with van der Waals surface area (Å²) in [6.45, 7) is 6.15. The van der Waals surface area contributed by atoms with E-state index in [2.05, 4.69) is 9.80 Å². The van der Waals surface area contributed by atoms with Crippen molar-refractivity contribution < 1.29 is 9.59 Å². The van der Waals surface area contributed by atoms with Crippen molar-refractivity contribution in [2.45, 2.75) is 25.7 Å². The van der Waals surface area contributed by atoms with Gasteiger partial charge in [-0.25, -0.2) is 0 Å².